The molecule has 0 aliphatic carbocycles. The summed E-state index contributed by atoms with van der Waals surface area (Å²) < 4.78 is 11.1. The second-order valence-corrected chi connectivity index (χ2v) is 5.87. The van der Waals surface area contributed by atoms with Crippen molar-refractivity contribution in [3.05, 3.63) is 28.7 Å². The van der Waals surface area contributed by atoms with Crippen molar-refractivity contribution < 1.29 is 13.9 Å². The molecule has 0 radical (unpaired) electrons. The van der Waals surface area contributed by atoms with Crippen LogP contribution in [-0.2, 0) is 9.53 Å². The lowest BCUT2D eigenvalue weighted by atomic mass is 10.2. The summed E-state index contributed by atoms with van der Waals surface area (Å²) in [6.45, 7) is 1.72. The van der Waals surface area contributed by atoms with Crippen LogP contribution in [0.1, 0.15) is 6.92 Å². The molecule has 0 aliphatic rings. The highest BCUT2D eigenvalue weighted by atomic mass is 79.9. The van der Waals surface area contributed by atoms with Gasteiger partial charge in [0.1, 0.15) is 5.25 Å². The molecule has 7 heteroatoms. The van der Waals surface area contributed by atoms with Gasteiger partial charge < -0.3 is 9.15 Å². The number of benzene rings is 1. The van der Waals surface area contributed by atoms with Gasteiger partial charge in [0.05, 0.1) is 7.11 Å². The van der Waals surface area contributed by atoms with E-state index < -0.39 is 0 Å². The lowest BCUT2D eigenvalue weighted by Crippen LogP contribution is -2.14. The Hall–Kier alpha value is -1.34. The Morgan fingerprint density at radius 1 is 1.37 bits per heavy atom. The van der Waals surface area contributed by atoms with Gasteiger partial charge in [0.15, 0.2) is 0 Å². The Morgan fingerprint density at radius 3 is 2.68 bits per heavy atom. The van der Waals surface area contributed by atoms with Crippen molar-refractivity contribution in [3.63, 3.8) is 0 Å². The molecule has 1 aromatic heterocycles. The number of carbonyl (C=O) groups excluding carboxylic acids is 1. The zero-order valence-corrected chi connectivity index (χ0v) is 12.7. The zero-order valence-electron chi connectivity index (χ0n) is 10.3. The summed E-state index contributed by atoms with van der Waals surface area (Å²) in [6.07, 6.45) is 0. The molecule has 0 aliphatic heterocycles. The third-order valence-electron chi connectivity index (χ3n) is 2.31. The maximum Gasteiger partial charge on any atom is 0.319 e. The summed E-state index contributed by atoms with van der Waals surface area (Å²) in [4.78, 5) is 11.3. The second kappa shape index (κ2) is 6.21. The Labute approximate surface area is 122 Å². The number of rotatable bonds is 4. The number of esters is 1. The van der Waals surface area contributed by atoms with E-state index in [1.165, 1.54) is 18.9 Å². The van der Waals surface area contributed by atoms with Gasteiger partial charge in [-0.2, -0.15) is 0 Å². The molecule has 0 unspecified atom stereocenters. The van der Waals surface area contributed by atoms with Gasteiger partial charge in [-0.05, 0) is 31.2 Å². The summed E-state index contributed by atoms with van der Waals surface area (Å²) in [7, 11) is 1.35. The fourth-order valence-electron chi connectivity index (χ4n) is 1.33. The number of thioether (sulfide) groups is 1. The number of nitrogens with zero attached hydrogens (tertiary/aromatic N) is 2. The number of methoxy groups -OCH3 is 1. The van der Waals surface area contributed by atoms with Gasteiger partial charge in [0, 0.05) is 10.0 Å². The maximum absolute atomic E-state index is 11.3. The minimum atomic E-state index is -0.386. The predicted octanol–water partition coefficient (Wildman–Crippen LogP) is 3.15. The largest absolute Gasteiger partial charge is 0.468 e. The highest BCUT2D eigenvalue weighted by Gasteiger charge is 2.18. The van der Waals surface area contributed by atoms with Crippen LogP contribution < -0.4 is 0 Å². The minimum absolute atomic E-state index is 0.326. The van der Waals surface area contributed by atoms with E-state index in [1.54, 1.807) is 6.92 Å². The number of ether oxygens (including phenoxy) is 1. The number of halogens is 1. The summed E-state index contributed by atoms with van der Waals surface area (Å²) in [5.74, 6) is 0.0976. The van der Waals surface area contributed by atoms with Gasteiger partial charge in [-0.3, -0.25) is 4.79 Å². The first-order chi connectivity index (χ1) is 9.10. The summed E-state index contributed by atoms with van der Waals surface area (Å²) in [5.41, 5.74) is 0.827. The average molecular weight is 343 g/mol. The molecule has 0 N–H and O–H groups in total. The first-order valence-corrected chi connectivity index (χ1v) is 7.11. The van der Waals surface area contributed by atoms with E-state index in [2.05, 4.69) is 30.9 Å². The Morgan fingerprint density at radius 2 is 2.05 bits per heavy atom. The number of hydrogen-bond acceptors (Lipinski definition) is 6. The van der Waals surface area contributed by atoms with Crippen LogP contribution in [0.2, 0.25) is 0 Å². The molecule has 1 atom stereocenters. The van der Waals surface area contributed by atoms with Gasteiger partial charge in [0.2, 0.25) is 5.89 Å². The van der Waals surface area contributed by atoms with Gasteiger partial charge in [-0.15, -0.1) is 10.2 Å². The molecule has 0 amide bonds. The van der Waals surface area contributed by atoms with E-state index in [-0.39, 0.29) is 11.2 Å². The fourth-order valence-corrected chi connectivity index (χ4v) is 2.31. The number of carbonyl (C=O) groups is 1. The topological polar surface area (TPSA) is 65.2 Å². The molecule has 5 nitrogen and oxygen atoms in total. The number of hydrogen-bond donors (Lipinski definition) is 0. The smallest absolute Gasteiger partial charge is 0.319 e. The van der Waals surface area contributed by atoms with E-state index in [4.69, 9.17) is 4.42 Å². The molecule has 100 valence electrons. The standard InChI is InChI=1S/C12H11BrN2O3S/c1-7(11(16)17-2)19-12-15-14-10(18-12)8-3-5-9(13)6-4-8/h3-7H,1-2H3/t7-/m0/s1. The molecular formula is C12H11BrN2O3S. The van der Waals surface area contributed by atoms with Crippen LogP contribution in [0, 0.1) is 0 Å². The molecule has 0 saturated carbocycles. The van der Waals surface area contributed by atoms with Crippen LogP contribution in [0.3, 0.4) is 0 Å². The Balaban J connectivity index is 2.11. The molecule has 0 saturated heterocycles. The molecular weight excluding hydrogens is 332 g/mol. The SMILES string of the molecule is COC(=O)[C@H](C)Sc1nnc(-c2ccc(Br)cc2)o1. The molecule has 1 heterocycles. The average Bonchev–Trinajstić information content (AvgIpc) is 2.87. The van der Waals surface area contributed by atoms with Crippen molar-refractivity contribution in [1.29, 1.82) is 0 Å². The molecule has 0 spiro atoms. The van der Waals surface area contributed by atoms with Crippen LogP contribution in [0.15, 0.2) is 38.4 Å². The summed E-state index contributed by atoms with van der Waals surface area (Å²) in [6, 6.07) is 7.53. The molecule has 0 fully saturated rings. The van der Waals surface area contributed by atoms with Crippen LogP contribution in [0.5, 0.6) is 0 Å². The minimum Gasteiger partial charge on any atom is -0.468 e. The molecule has 2 aromatic rings. The maximum atomic E-state index is 11.3. The van der Waals surface area contributed by atoms with E-state index in [0.29, 0.717) is 11.1 Å². The molecule has 2 rings (SSSR count). The lowest BCUT2D eigenvalue weighted by molar-refractivity contribution is -0.139. The van der Waals surface area contributed by atoms with Gasteiger partial charge in [0.25, 0.3) is 5.22 Å². The van der Waals surface area contributed by atoms with Crippen molar-refractivity contribution in [2.45, 2.75) is 17.4 Å². The molecule has 0 bridgehead atoms. The summed E-state index contributed by atoms with van der Waals surface area (Å²) >= 11 is 4.53. The van der Waals surface area contributed by atoms with E-state index in [0.717, 1.165) is 10.0 Å². The van der Waals surface area contributed by atoms with Crippen LogP contribution >= 0.6 is 27.7 Å². The Kier molecular flexibility index (Phi) is 4.60. The zero-order chi connectivity index (χ0) is 13.8. The fraction of sp³-hybridized carbons (Fsp3) is 0.250. The van der Waals surface area contributed by atoms with Crippen molar-refractivity contribution in [2.75, 3.05) is 7.11 Å². The normalized spacial score (nSPS) is 12.2. The number of aromatic nitrogens is 2. The van der Waals surface area contributed by atoms with E-state index in [9.17, 15) is 4.79 Å². The van der Waals surface area contributed by atoms with E-state index >= 15 is 0 Å². The third kappa shape index (κ3) is 3.57. The van der Waals surface area contributed by atoms with Crippen LogP contribution in [0.25, 0.3) is 11.5 Å². The quantitative estimate of drug-likeness (QED) is 0.628. The van der Waals surface area contributed by atoms with Crippen LogP contribution in [-0.4, -0.2) is 28.5 Å². The van der Waals surface area contributed by atoms with Crippen molar-refractivity contribution in [3.8, 4) is 11.5 Å². The van der Waals surface area contributed by atoms with E-state index in [1.807, 2.05) is 24.3 Å². The lowest BCUT2D eigenvalue weighted by Gasteiger charge is -2.04. The first kappa shape index (κ1) is 14.1. The van der Waals surface area contributed by atoms with Crippen LogP contribution in [0.4, 0.5) is 0 Å². The predicted molar refractivity (Wildman–Crippen MR) is 74.8 cm³/mol. The van der Waals surface area contributed by atoms with Gasteiger partial charge >= 0.3 is 5.97 Å². The second-order valence-electron chi connectivity index (χ2n) is 3.66. The van der Waals surface area contributed by atoms with Crippen molar-refractivity contribution in [1.82, 2.24) is 10.2 Å². The Bertz CT molecular complexity index is 571. The first-order valence-electron chi connectivity index (χ1n) is 5.44. The third-order valence-corrected chi connectivity index (χ3v) is 3.75. The highest BCUT2D eigenvalue weighted by molar-refractivity contribution is 9.10. The summed E-state index contributed by atoms with van der Waals surface area (Å²) in [5, 5.41) is 7.81. The molecule has 19 heavy (non-hydrogen) atoms. The monoisotopic (exact) mass is 342 g/mol. The van der Waals surface area contributed by atoms with Gasteiger partial charge in [-0.25, -0.2) is 0 Å². The molecule has 1 aromatic carbocycles. The van der Waals surface area contributed by atoms with Crippen molar-refractivity contribution >= 4 is 33.7 Å². The van der Waals surface area contributed by atoms with Crippen molar-refractivity contribution in [2.24, 2.45) is 0 Å². The van der Waals surface area contributed by atoms with Gasteiger partial charge in [-0.1, -0.05) is 27.7 Å². The highest BCUT2D eigenvalue weighted by Crippen LogP contribution is 2.27.